The number of hydrogen-bond donors (Lipinski definition) is 1. The average Bonchev–Trinajstić information content (AvgIpc) is 3.31. The number of allylic oxidation sites excluding steroid dienone is 2. The molecule has 7 unspecified atom stereocenters. The van der Waals surface area contributed by atoms with Crippen molar-refractivity contribution in [2.24, 2.45) is 52.8 Å². The maximum Gasteiger partial charge on any atom is 0.140 e. The first-order chi connectivity index (χ1) is 18.3. The molecular formula is C36H58O3. The zero-order valence-electron chi connectivity index (χ0n) is 26.1. The summed E-state index contributed by atoms with van der Waals surface area (Å²) in [5.41, 5.74) is 1.07. The van der Waals surface area contributed by atoms with Gasteiger partial charge in [0.2, 0.25) is 0 Å². The molecule has 3 aliphatic carbocycles. The SMILES string of the molecule is C=CCCC(C)(O)C(=C)C(CCC)CC(=O)C1C(C(=O)C(CC(=C)CC(C)C)C2CCCC2)CC2C1C2(C)C. The monoisotopic (exact) mass is 538 g/mol. The number of rotatable bonds is 17. The minimum atomic E-state index is -1.02. The van der Waals surface area contributed by atoms with Crippen LogP contribution in [-0.2, 0) is 9.59 Å². The van der Waals surface area contributed by atoms with E-state index in [1.54, 1.807) is 0 Å². The highest BCUT2D eigenvalue weighted by molar-refractivity contribution is 5.93. The van der Waals surface area contributed by atoms with Gasteiger partial charge in [0.1, 0.15) is 11.6 Å². The fourth-order valence-electron chi connectivity index (χ4n) is 8.55. The first-order valence-corrected chi connectivity index (χ1v) is 16.0. The number of hydrogen-bond acceptors (Lipinski definition) is 3. The van der Waals surface area contributed by atoms with Crippen LogP contribution in [0.25, 0.3) is 0 Å². The first-order valence-electron chi connectivity index (χ1n) is 16.0. The number of fused-ring (bicyclic) bond motifs is 1. The predicted octanol–water partition coefficient (Wildman–Crippen LogP) is 8.91. The van der Waals surface area contributed by atoms with Gasteiger partial charge in [-0.05, 0) is 98.9 Å². The van der Waals surface area contributed by atoms with Gasteiger partial charge in [0.15, 0.2) is 0 Å². The molecule has 7 atom stereocenters. The lowest BCUT2D eigenvalue weighted by Gasteiger charge is -2.34. The fourth-order valence-corrected chi connectivity index (χ4v) is 8.55. The molecule has 39 heavy (non-hydrogen) atoms. The van der Waals surface area contributed by atoms with Gasteiger partial charge in [-0.1, -0.05) is 78.7 Å². The summed E-state index contributed by atoms with van der Waals surface area (Å²) in [7, 11) is 0. The number of ketones is 2. The van der Waals surface area contributed by atoms with E-state index in [9.17, 15) is 14.7 Å². The van der Waals surface area contributed by atoms with Crippen LogP contribution in [0.5, 0.6) is 0 Å². The molecule has 3 heteroatoms. The molecular weight excluding hydrogens is 480 g/mol. The summed E-state index contributed by atoms with van der Waals surface area (Å²) in [4.78, 5) is 28.6. The molecule has 0 heterocycles. The van der Waals surface area contributed by atoms with Crippen molar-refractivity contribution in [3.8, 4) is 0 Å². The molecule has 3 rings (SSSR count). The van der Waals surface area contributed by atoms with Gasteiger partial charge < -0.3 is 5.11 Å². The molecule has 0 bridgehead atoms. The number of carbonyl (C=O) groups excluding carboxylic acids is 2. The van der Waals surface area contributed by atoms with Crippen molar-refractivity contribution in [3.63, 3.8) is 0 Å². The molecule has 0 saturated heterocycles. The molecule has 3 saturated carbocycles. The summed E-state index contributed by atoms with van der Waals surface area (Å²) < 4.78 is 0. The third kappa shape index (κ3) is 7.24. The Labute approximate surface area is 240 Å². The van der Waals surface area contributed by atoms with Crippen molar-refractivity contribution in [1.29, 1.82) is 0 Å². The molecule has 1 N–H and O–H groups in total. The highest BCUT2D eigenvalue weighted by Gasteiger charge is 2.69. The molecule has 0 spiro atoms. The van der Waals surface area contributed by atoms with Crippen molar-refractivity contribution in [2.45, 2.75) is 124 Å². The lowest BCUT2D eigenvalue weighted by atomic mass is 9.70. The Morgan fingerprint density at radius 1 is 1.10 bits per heavy atom. The van der Waals surface area contributed by atoms with E-state index in [1.807, 2.05) is 13.0 Å². The standard InChI is InChI=1S/C36H58O3/c1-10-12-18-36(9,39)25(6)27(15-11-2)21-31(37)32-29(22-30-33(32)35(30,7)8)34(38)28(26-16-13-14-17-26)20-24(5)19-23(3)4/h10,23,26-30,32-33,39H,1,5-6,11-22H2,2-4,7-9H3. The number of Topliss-reactive ketones (excluding diaryl/α,β-unsaturated/α-hetero) is 2. The van der Waals surface area contributed by atoms with Crippen LogP contribution in [-0.4, -0.2) is 22.3 Å². The molecule has 220 valence electrons. The Morgan fingerprint density at radius 2 is 1.74 bits per heavy atom. The Hall–Kier alpha value is -1.48. The van der Waals surface area contributed by atoms with E-state index in [0.29, 0.717) is 48.7 Å². The van der Waals surface area contributed by atoms with Gasteiger partial charge in [-0.15, -0.1) is 6.58 Å². The van der Waals surface area contributed by atoms with E-state index in [1.165, 1.54) is 18.4 Å². The van der Waals surface area contributed by atoms with Gasteiger partial charge in [-0.2, -0.15) is 0 Å². The van der Waals surface area contributed by atoms with Gasteiger partial charge in [0.05, 0.1) is 5.60 Å². The van der Waals surface area contributed by atoms with E-state index in [0.717, 1.165) is 50.5 Å². The maximum atomic E-state index is 14.4. The minimum absolute atomic E-state index is 0.0145. The summed E-state index contributed by atoms with van der Waals surface area (Å²) >= 11 is 0. The van der Waals surface area contributed by atoms with Crippen LogP contribution in [0, 0.1) is 52.8 Å². The highest BCUT2D eigenvalue weighted by Crippen LogP contribution is 2.71. The summed E-state index contributed by atoms with van der Waals surface area (Å²) in [5.74, 6) is 1.95. The Kier molecular flexibility index (Phi) is 10.7. The van der Waals surface area contributed by atoms with Crippen molar-refractivity contribution in [3.05, 3.63) is 37.0 Å². The van der Waals surface area contributed by atoms with E-state index in [2.05, 4.69) is 54.4 Å². The summed E-state index contributed by atoms with van der Waals surface area (Å²) in [6.07, 6.45) is 12.6. The lowest BCUT2D eigenvalue weighted by molar-refractivity contribution is -0.136. The maximum absolute atomic E-state index is 14.4. The summed E-state index contributed by atoms with van der Waals surface area (Å²) in [6, 6.07) is 0. The number of aliphatic hydroxyl groups is 1. The second kappa shape index (κ2) is 13.0. The molecule has 0 aromatic carbocycles. The van der Waals surface area contributed by atoms with Gasteiger partial charge in [0, 0.05) is 24.2 Å². The number of carbonyl (C=O) groups is 2. The normalized spacial score (nSPS) is 28.9. The summed E-state index contributed by atoms with van der Waals surface area (Å²) in [5, 5.41) is 11.2. The quantitative estimate of drug-likeness (QED) is 0.188. The molecule has 0 aromatic rings. The second-order valence-electron chi connectivity index (χ2n) is 14.7. The van der Waals surface area contributed by atoms with Crippen molar-refractivity contribution < 1.29 is 14.7 Å². The fraction of sp³-hybridized carbons (Fsp3) is 0.778. The molecule has 3 fully saturated rings. The molecule has 3 nitrogen and oxygen atoms in total. The molecule has 0 aromatic heterocycles. The lowest BCUT2D eigenvalue weighted by Crippen LogP contribution is -2.38. The van der Waals surface area contributed by atoms with Crippen LogP contribution in [0.4, 0.5) is 0 Å². The van der Waals surface area contributed by atoms with Crippen LogP contribution < -0.4 is 0 Å². The van der Waals surface area contributed by atoms with E-state index in [4.69, 9.17) is 0 Å². The molecule has 3 aliphatic rings. The van der Waals surface area contributed by atoms with Crippen LogP contribution in [0.3, 0.4) is 0 Å². The zero-order valence-corrected chi connectivity index (χ0v) is 26.1. The third-order valence-electron chi connectivity index (χ3n) is 10.8. The van der Waals surface area contributed by atoms with Crippen molar-refractivity contribution in [2.75, 3.05) is 0 Å². The van der Waals surface area contributed by atoms with Crippen LogP contribution >= 0.6 is 0 Å². The average molecular weight is 539 g/mol. The zero-order chi connectivity index (χ0) is 29.1. The predicted molar refractivity (Wildman–Crippen MR) is 163 cm³/mol. The van der Waals surface area contributed by atoms with Gasteiger partial charge in [-0.25, -0.2) is 0 Å². The third-order valence-corrected chi connectivity index (χ3v) is 10.8. The van der Waals surface area contributed by atoms with Gasteiger partial charge in [-0.3, -0.25) is 9.59 Å². The van der Waals surface area contributed by atoms with Crippen LogP contribution in [0.15, 0.2) is 37.0 Å². The van der Waals surface area contributed by atoms with E-state index >= 15 is 0 Å². The Morgan fingerprint density at radius 3 is 2.31 bits per heavy atom. The Balaban J connectivity index is 1.83. The van der Waals surface area contributed by atoms with Crippen LogP contribution in [0.1, 0.15) is 119 Å². The largest absolute Gasteiger partial charge is 0.386 e. The first kappa shape index (κ1) is 32.0. The summed E-state index contributed by atoms with van der Waals surface area (Å²) in [6.45, 7) is 25.4. The highest BCUT2D eigenvalue weighted by atomic mass is 16.3. The van der Waals surface area contributed by atoms with Crippen molar-refractivity contribution in [1.82, 2.24) is 0 Å². The topological polar surface area (TPSA) is 54.4 Å². The molecule has 0 amide bonds. The Bertz CT molecular complexity index is 916. The van der Waals surface area contributed by atoms with E-state index in [-0.39, 0.29) is 34.9 Å². The van der Waals surface area contributed by atoms with Crippen molar-refractivity contribution >= 4 is 11.6 Å². The molecule has 0 aliphatic heterocycles. The molecule has 0 radical (unpaired) electrons. The van der Waals surface area contributed by atoms with Gasteiger partial charge in [0.25, 0.3) is 0 Å². The van der Waals surface area contributed by atoms with Gasteiger partial charge >= 0.3 is 0 Å². The van der Waals surface area contributed by atoms with Crippen LogP contribution in [0.2, 0.25) is 0 Å². The smallest absolute Gasteiger partial charge is 0.140 e. The van der Waals surface area contributed by atoms with E-state index < -0.39 is 5.60 Å². The second-order valence-corrected chi connectivity index (χ2v) is 14.7. The minimum Gasteiger partial charge on any atom is -0.386 e.